The number of nitrogens with two attached hydrogens (primary N) is 1. The van der Waals surface area contributed by atoms with Gasteiger partial charge in [-0.15, -0.1) is 0 Å². The van der Waals surface area contributed by atoms with Crippen LogP contribution in [0.1, 0.15) is 19.4 Å². The molecule has 0 bridgehead atoms. The second-order valence-corrected chi connectivity index (χ2v) is 4.32. The molecule has 1 aliphatic rings. The van der Waals surface area contributed by atoms with Gasteiger partial charge in [-0.2, -0.15) is 0 Å². The molecular formula is C12H15N3O2. The molecule has 2 unspecified atom stereocenters. The molecule has 2 heterocycles. The Morgan fingerprint density at radius 3 is 2.24 bits per heavy atom. The average molecular weight is 233 g/mol. The van der Waals surface area contributed by atoms with Crippen LogP contribution in [0.15, 0.2) is 18.3 Å². The summed E-state index contributed by atoms with van der Waals surface area (Å²) in [5.41, 5.74) is 6.33. The maximum atomic E-state index is 11.9. The number of carbonyl (C=O) groups excluding carboxylic acids is 2. The number of pyridine rings is 1. The zero-order valence-corrected chi connectivity index (χ0v) is 9.88. The third-order valence-electron chi connectivity index (χ3n) is 3.24. The van der Waals surface area contributed by atoms with Gasteiger partial charge in [0.15, 0.2) is 0 Å². The van der Waals surface area contributed by atoms with E-state index in [2.05, 4.69) is 4.98 Å². The second kappa shape index (κ2) is 4.25. The molecule has 1 saturated heterocycles. The van der Waals surface area contributed by atoms with Crippen LogP contribution in [0.3, 0.4) is 0 Å². The van der Waals surface area contributed by atoms with E-state index in [0.717, 1.165) is 10.5 Å². The molecule has 1 fully saturated rings. The number of amides is 2. The molecule has 2 N–H and O–H groups in total. The molecule has 1 aromatic rings. The van der Waals surface area contributed by atoms with E-state index in [-0.39, 0.29) is 23.7 Å². The van der Waals surface area contributed by atoms with Gasteiger partial charge in [0.2, 0.25) is 11.8 Å². The van der Waals surface area contributed by atoms with Crippen LogP contribution in [-0.2, 0) is 16.1 Å². The molecule has 2 amide bonds. The van der Waals surface area contributed by atoms with Crippen molar-refractivity contribution >= 4 is 17.6 Å². The van der Waals surface area contributed by atoms with Crippen LogP contribution in [0.25, 0.3) is 0 Å². The van der Waals surface area contributed by atoms with E-state index in [1.54, 1.807) is 32.2 Å². The predicted molar refractivity (Wildman–Crippen MR) is 62.9 cm³/mol. The maximum absolute atomic E-state index is 11.9. The number of rotatable bonds is 2. The Hall–Kier alpha value is -1.75. The summed E-state index contributed by atoms with van der Waals surface area (Å²) in [5, 5.41) is 0. The quantitative estimate of drug-likeness (QED) is 0.762. The van der Waals surface area contributed by atoms with Crippen molar-refractivity contribution in [2.24, 2.45) is 17.6 Å². The predicted octanol–water partition coefficient (Wildman–Crippen LogP) is 0.686. The largest absolute Gasteiger partial charge is 0.326 e. The zero-order chi connectivity index (χ0) is 12.6. The molecular weight excluding hydrogens is 218 g/mol. The molecule has 2 rings (SSSR count). The summed E-state index contributed by atoms with van der Waals surface area (Å²) < 4.78 is 0. The Labute approximate surface area is 99.6 Å². The lowest BCUT2D eigenvalue weighted by Crippen LogP contribution is -2.31. The van der Waals surface area contributed by atoms with Crippen LogP contribution in [0.2, 0.25) is 0 Å². The highest BCUT2D eigenvalue weighted by atomic mass is 16.2. The average Bonchev–Trinajstić information content (AvgIpc) is 2.54. The van der Waals surface area contributed by atoms with Gasteiger partial charge in [-0.3, -0.25) is 9.59 Å². The first-order valence-electron chi connectivity index (χ1n) is 5.59. The van der Waals surface area contributed by atoms with Crippen LogP contribution < -0.4 is 10.6 Å². The lowest BCUT2D eigenvalue weighted by atomic mass is 10.00. The molecule has 0 radical (unpaired) electrons. The number of hydrogen-bond acceptors (Lipinski definition) is 4. The normalized spacial score (nSPS) is 24.5. The van der Waals surface area contributed by atoms with Crippen molar-refractivity contribution in [3.05, 3.63) is 23.9 Å². The molecule has 90 valence electrons. The van der Waals surface area contributed by atoms with E-state index in [4.69, 9.17) is 5.73 Å². The molecule has 0 saturated carbocycles. The first-order chi connectivity index (χ1) is 8.06. The summed E-state index contributed by atoms with van der Waals surface area (Å²) in [6, 6.07) is 3.43. The molecule has 5 nitrogen and oxygen atoms in total. The van der Waals surface area contributed by atoms with Crippen molar-refractivity contribution < 1.29 is 9.59 Å². The van der Waals surface area contributed by atoms with E-state index in [1.807, 2.05) is 0 Å². The molecule has 1 aromatic heterocycles. The Morgan fingerprint density at radius 1 is 1.24 bits per heavy atom. The number of imide groups is 1. The van der Waals surface area contributed by atoms with Gasteiger partial charge >= 0.3 is 0 Å². The standard InChI is InChI=1S/C12H15N3O2/c1-7-8(2)12(17)15(11(7)16)10-4-3-9(5-13)6-14-10/h3-4,6-8H,5,13H2,1-2H3. The lowest BCUT2D eigenvalue weighted by Gasteiger charge is -2.13. The fourth-order valence-electron chi connectivity index (χ4n) is 1.84. The van der Waals surface area contributed by atoms with Gasteiger partial charge in [0.25, 0.3) is 0 Å². The summed E-state index contributed by atoms with van der Waals surface area (Å²) in [4.78, 5) is 29.1. The molecule has 0 aromatic carbocycles. The van der Waals surface area contributed by atoms with Crippen LogP contribution in [0.5, 0.6) is 0 Å². The van der Waals surface area contributed by atoms with Crippen molar-refractivity contribution in [1.29, 1.82) is 0 Å². The van der Waals surface area contributed by atoms with E-state index < -0.39 is 0 Å². The van der Waals surface area contributed by atoms with Gasteiger partial charge in [0.05, 0.1) is 0 Å². The molecule has 5 heteroatoms. The first-order valence-corrected chi connectivity index (χ1v) is 5.59. The number of anilines is 1. The summed E-state index contributed by atoms with van der Waals surface area (Å²) in [6.45, 7) is 3.92. The zero-order valence-electron chi connectivity index (χ0n) is 9.88. The van der Waals surface area contributed by atoms with E-state index in [1.165, 1.54) is 0 Å². The fraction of sp³-hybridized carbons (Fsp3) is 0.417. The van der Waals surface area contributed by atoms with E-state index in [9.17, 15) is 9.59 Å². The summed E-state index contributed by atoms with van der Waals surface area (Å²) >= 11 is 0. The monoisotopic (exact) mass is 233 g/mol. The summed E-state index contributed by atoms with van der Waals surface area (Å²) in [6.07, 6.45) is 1.59. The minimum Gasteiger partial charge on any atom is -0.326 e. The number of carbonyl (C=O) groups is 2. The minimum atomic E-state index is -0.279. The Kier molecular flexibility index (Phi) is 2.93. The van der Waals surface area contributed by atoms with Crippen molar-refractivity contribution in [1.82, 2.24) is 4.98 Å². The lowest BCUT2D eigenvalue weighted by molar-refractivity contribution is -0.122. The van der Waals surface area contributed by atoms with Gasteiger partial charge < -0.3 is 5.73 Å². The molecule has 17 heavy (non-hydrogen) atoms. The van der Waals surface area contributed by atoms with Crippen molar-refractivity contribution in [2.75, 3.05) is 4.90 Å². The van der Waals surface area contributed by atoms with E-state index >= 15 is 0 Å². The van der Waals surface area contributed by atoms with Crippen molar-refractivity contribution in [2.45, 2.75) is 20.4 Å². The van der Waals surface area contributed by atoms with Gasteiger partial charge in [-0.25, -0.2) is 9.88 Å². The fourth-order valence-corrected chi connectivity index (χ4v) is 1.84. The summed E-state index contributed by atoms with van der Waals surface area (Å²) in [5.74, 6) is -0.545. The highest BCUT2D eigenvalue weighted by molar-refractivity contribution is 6.21. The highest BCUT2D eigenvalue weighted by Crippen LogP contribution is 2.29. The van der Waals surface area contributed by atoms with Gasteiger partial charge in [0.1, 0.15) is 5.82 Å². The van der Waals surface area contributed by atoms with Crippen LogP contribution in [-0.4, -0.2) is 16.8 Å². The van der Waals surface area contributed by atoms with Crippen molar-refractivity contribution in [3.63, 3.8) is 0 Å². The SMILES string of the molecule is CC1C(=O)N(c2ccc(CN)cn2)C(=O)C1C. The molecule has 0 spiro atoms. The number of hydrogen-bond donors (Lipinski definition) is 1. The number of nitrogens with zero attached hydrogens (tertiary/aromatic N) is 2. The maximum Gasteiger partial charge on any atom is 0.238 e. The Bertz CT molecular complexity index is 435. The minimum absolute atomic E-state index is 0.185. The third kappa shape index (κ3) is 1.82. The topological polar surface area (TPSA) is 76.3 Å². The van der Waals surface area contributed by atoms with Crippen molar-refractivity contribution in [3.8, 4) is 0 Å². The smallest absolute Gasteiger partial charge is 0.238 e. The second-order valence-electron chi connectivity index (χ2n) is 4.32. The highest BCUT2D eigenvalue weighted by Gasteiger charge is 2.43. The summed E-state index contributed by atoms with van der Waals surface area (Å²) in [7, 11) is 0. The molecule has 1 aliphatic heterocycles. The third-order valence-corrected chi connectivity index (χ3v) is 3.24. The molecule has 2 atom stereocenters. The van der Waals surface area contributed by atoms with Gasteiger partial charge in [-0.1, -0.05) is 19.9 Å². The van der Waals surface area contributed by atoms with E-state index in [0.29, 0.717) is 12.4 Å². The molecule has 0 aliphatic carbocycles. The Balaban J connectivity index is 2.33. The first kappa shape index (κ1) is 11.7. The van der Waals surface area contributed by atoms with Crippen LogP contribution >= 0.6 is 0 Å². The Morgan fingerprint density at radius 2 is 1.82 bits per heavy atom. The van der Waals surface area contributed by atoms with Gasteiger partial charge in [0, 0.05) is 24.6 Å². The number of aromatic nitrogens is 1. The van der Waals surface area contributed by atoms with Gasteiger partial charge in [-0.05, 0) is 11.6 Å². The van der Waals surface area contributed by atoms with Crippen LogP contribution in [0, 0.1) is 11.8 Å². The van der Waals surface area contributed by atoms with Crippen LogP contribution in [0.4, 0.5) is 5.82 Å².